The number of aryl methyl sites for hydroxylation is 2. The SMILES string of the molecule is CCc1cc(OC)cc(-n2nnnc2C)c1F. The average Bonchev–Trinajstić information content (AvgIpc) is 2.76. The first kappa shape index (κ1) is 11.5. The molecule has 0 saturated carbocycles. The molecule has 1 aromatic heterocycles. The Balaban J connectivity index is 2.64. The second-order valence-corrected chi connectivity index (χ2v) is 3.61. The first-order chi connectivity index (χ1) is 8.17. The predicted molar refractivity (Wildman–Crippen MR) is 59.8 cm³/mol. The first-order valence-electron chi connectivity index (χ1n) is 5.29. The van der Waals surface area contributed by atoms with Gasteiger partial charge < -0.3 is 4.74 Å². The van der Waals surface area contributed by atoms with Gasteiger partial charge in [0.05, 0.1) is 7.11 Å². The molecular formula is C11H13FN4O. The minimum atomic E-state index is -0.316. The number of aromatic nitrogens is 4. The van der Waals surface area contributed by atoms with E-state index in [1.54, 1.807) is 26.2 Å². The number of tetrazole rings is 1. The quantitative estimate of drug-likeness (QED) is 0.813. The molecule has 1 aromatic carbocycles. The van der Waals surface area contributed by atoms with E-state index in [0.717, 1.165) is 0 Å². The van der Waals surface area contributed by atoms with E-state index in [0.29, 0.717) is 29.2 Å². The van der Waals surface area contributed by atoms with Crippen molar-refractivity contribution in [2.75, 3.05) is 7.11 Å². The van der Waals surface area contributed by atoms with Crippen LogP contribution >= 0.6 is 0 Å². The van der Waals surface area contributed by atoms with Crippen molar-refractivity contribution < 1.29 is 9.13 Å². The largest absolute Gasteiger partial charge is 0.497 e. The fraction of sp³-hybridized carbons (Fsp3) is 0.364. The Kier molecular flexibility index (Phi) is 3.03. The van der Waals surface area contributed by atoms with Crippen molar-refractivity contribution in [3.05, 3.63) is 29.3 Å². The minimum Gasteiger partial charge on any atom is -0.497 e. The third kappa shape index (κ3) is 1.98. The van der Waals surface area contributed by atoms with Crippen LogP contribution in [-0.4, -0.2) is 27.3 Å². The van der Waals surface area contributed by atoms with E-state index in [1.807, 2.05) is 6.92 Å². The monoisotopic (exact) mass is 236 g/mol. The smallest absolute Gasteiger partial charge is 0.153 e. The highest BCUT2D eigenvalue weighted by Gasteiger charge is 2.14. The highest BCUT2D eigenvalue weighted by Crippen LogP contribution is 2.24. The summed E-state index contributed by atoms with van der Waals surface area (Å²) in [5, 5.41) is 11.0. The third-order valence-corrected chi connectivity index (χ3v) is 2.57. The van der Waals surface area contributed by atoms with Gasteiger partial charge in [-0.3, -0.25) is 0 Å². The maximum Gasteiger partial charge on any atom is 0.153 e. The molecular weight excluding hydrogens is 223 g/mol. The lowest BCUT2D eigenvalue weighted by atomic mass is 10.1. The van der Waals surface area contributed by atoms with Crippen molar-refractivity contribution in [1.82, 2.24) is 20.2 Å². The van der Waals surface area contributed by atoms with Crippen LogP contribution < -0.4 is 4.74 Å². The van der Waals surface area contributed by atoms with Crippen molar-refractivity contribution in [3.8, 4) is 11.4 Å². The fourth-order valence-electron chi connectivity index (χ4n) is 1.62. The molecule has 2 aromatic rings. The molecule has 0 aliphatic heterocycles. The molecule has 6 heteroatoms. The Morgan fingerprint density at radius 1 is 1.41 bits per heavy atom. The molecule has 0 aliphatic carbocycles. The molecule has 90 valence electrons. The van der Waals surface area contributed by atoms with Crippen LogP contribution in [0, 0.1) is 12.7 Å². The molecule has 2 rings (SSSR count). The van der Waals surface area contributed by atoms with E-state index >= 15 is 0 Å². The normalized spacial score (nSPS) is 10.6. The lowest BCUT2D eigenvalue weighted by molar-refractivity contribution is 0.412. The summed E-state index contributed by atoms with van der Waals surface area (Å²) in [5.74, 6) is 0.802. The summed E-state index contributed by atoms with van der Waals surface area (Å²) in [5.41, 5.74) is 0.887. The van der Waals surface area contributed by atoms with Gasteiger partial charge in [-0.15, -0.1) is 5.10 Å². The molecule has 0 bridgehead atoms. The Morgan fingerprint density at radius 2 is 2.18 bits per heavy atom. The molecule has 0 aliphatic rings. The van der Waals surface area contributed by atoms with E-state index in [4.69, 9.17) is 4.74 Å². The van der Waals surface area contributed by atoms with Crippen LogP contribution in [0.3, 0.4) is 0 Å². The Labute approximate surface area is 98.2 Å². The molecule has 0 spiro atoms. The fourth-order valence-corrected chi connectivity index (χ4v) is 1.62. The first-order valence-corrected chi connectivity index (χ1v) is 5.29. The summed E-state index contributed by atoms with van der Waals surface area (Å²) in [7, 11) is 1.54. The molecule has 0 atom stereocenters. The zero-order chi connectivity index (χ0) is 12.4. The Morgan fingerprint density at radius 3 is 2.71 bits per heavy atom. The van der Waals surface area contributed by atoms with Gasteiger partial charge in [0.25, 0.3) is 0 Å². The number of halogens is 1. The van der Waals surface area contributed by atoms with Crippen molar-refractivity contribution >= 4 is 0 Å². The molecule has 0 radical (unpaired) electrons. The van der Waals surface area contributed by atoms with Gasteiger partial charge in [0.1, 0.15) is 11.4 Å². The van der Waals surface area contributed by atoms with Gasteiger partial charge in [-0.05, 0) is 35.4 Å². The molecule has 17 heavy (non-hydrogen) atoms. The van der Waals surface area contributed by atoms with E-state index in [9.17, 15) is 4.39 Å². The number of ether oxygens (including phenoxy) is 1. The highest BCUT2D eigenvalue weighted by atomic mass is 19.1. The van der Waals surface area contributed by atoms with Crippen molar-refractivity contribution in [3.63, 3.8) is 0 Å². The standard InChI is InChI=1S/C11H13FN4O/c1-4-8-5-9(17-3)6-10(11(8)12)16-7(2)13-14-15-16/h5-6H,4H2,1-3H3. The van der Waals surface area contributed by atoms with Crippen LogP contribution in [0.15, 0.2) is 12.1 Å². The molecule has 0 unspecified atom stereocenters. The predicted octanol–water partition coefficient (Wildman–Crippen LogP) is 1.68. The van der Waals surface area contributed by atoms with E-state index in [-0.39, 0.29) is 5.82 Å². The summed E-state index contributed by atoms with van der Waals surface area (Å²) >= 11 is 0. The summed E-state index contributed by atoms with van der Waals surface area (Å²) < 4.78 is 20.7. The van der Waals surface area contributed by atoms with E-state index in [1.165, 1.54) is 4.68 Å². The van der Waals surface area contributed by atoms with E-state index < -0.39 is 0 Å². The van der Waals surface area contributed by atoms with Crippen LogP contribution in [0.2, 0.25) is 0 Å². The highest BCUT2D eigenvalue weighted by molar-refractivity contribution is 5.44. The van der Waals surface area contributed by atoms with Crippen molar-refractivity contribution in [2.45, 2.75) is 20.3 Å². The number of nitrogens with zero attached hydrogens (tertiary/aromatic N) is 4. The number of benzene rings is 1. The molecule has 5 nitrogen and oxygen atoms in total. The van der Waals surface area contributed by atoms with Gasteiger partial charge in [-0.25, -0.2) is 4.39 Å². The maximum absolute atomic E-state index is 14.2. The molecule has 0 N–H and O–H groups in total. The van der Waals surface area contributed by atoms with Crippen LogP contribution in [0.1, 0.15) is 18.3 Å². The number of rotatable bonds is 3. The Bertz CT molecular complexity index is 538. The second-order valence-electron chi connectivity index (χ2n) is 3.61. The number of methoxy groups -OCH3 is 1. The second kappa shape index (κ2) is 4.48. The molecule has 0 fully saturated rings. The Hall–Kier alpha value is -1.98. The van der Waals surface area contributed by atoms with Crippen LogP contribution in [0.4, 0.5) is 4.39 Å². The zero-order valence-corrected chi connectivity index (χ0v) is 9.94. The van der Waals surface area contributed by atoms with Crippen LogP contribution in [0.5, 0.6) is 5.75 Å². The van der Waals surface area contributed by atoms with Gasteiger partial charge in [-0.2, -0.15) is 4.68 Å². The minimum absolute atomic E-state index is 0.309. The number of hydrogen-bond donors (Lipinski definition) is 0. The van der Waals surface area contributed by atoms with Crippen LogP contribution in [-0.2, 0) is 6.42 Å². The topological polar surface area (TPSA) is 52.8 Å². The van der Waals surface area contributed by atoms with Gasteiger partial charge in [-0.1, -0.05) is 6.92 Å². The van der Waals surface area contributed by atoms with E-state index in [2.05, 4.69) is 15.5 Å². The van der Waals surface area contributed by atoms with Gasteiger partial charge >= 0.3 is 0 Å². The molecule has 0 saturated heterocycles. The summed E-state index contributed by atoms with van der Waals surface area (Å²) in [6.07, 6.45) is 0.581. The summed E-state index contributed by atoms with van der Waals surface area (Å²) in [4.78, 5) is 0. The maximum atomic E-state index is 14.2. The van der Waals surface area contributed by atoms with Gasteiger partial charge in [0, 0.05) is 6.07 Å². The van der Waals surface area contributed by atoms with Gasteiger partial charge in [0.2, 0.25) is 0 Å². The van der Waals surface area contributed by atoms with Crippen molar-refractivity contribution in [2.24, 2.45) is 0 Å². The zero-order valence-electron chi connectivity index (χ0n) is 9.94. The lowest BCUT2D eigenvalue weighted by Gasteiger charge is -2.10. The lowest BCUT2D eigenvalue weighted by Crippen LogP contribution is -2.05. The van der Waals surface area contributed by atoms with Crippen molar-refractivity contribution in [1.29, 1.82) is 0 Å². The summed E-state index contributed by atoms with van der Waals surface area (Å²) in [6.45, 7) is 3.60. The third-order valence-electron chi connectivity index (χ3n) is 2.57. The molecule has 1 heterocycles. The summed E-state index contributed by atoms with van der Waals surface area (Å²) in [6, 6.07) is 3.26. The average molecular weight is 236 g/mol. The van der Waals surface area contributed by atoms with Gasteiger partial charge in [0.15, 0.2) is 11.6 Å². The number of hydrogen-bond acceptors (Lipinski definition) is 4. The molecule has 0 amide bonds. The van der Waals surface area contributed by atoms with Crippen LogP contribution in [0.25, 0.3) is 5.69 Å².